The molecule has 0 unspecified atom stereocenters. The normalized spacial score (nSPS) is 11.2. The van der Waals surface area contributed by atoms with E-state index in [-0.39, 0.29) is 0 Å². The summed E-state index contributed by atoms with van der Waals surface area (Å²) in [7, 11) is 4.20. The van der Waals surface area contributed by atoms with Crippen LogP contribution in [0.1, 0.15) is 17.5 Å². The van der Waals surface area contributed by atoms with Crippen LogP contribution >= 0.6 is 11.8 Å². The third kappa shape index (κ3) is 4.93. The molecule has 0 bridgehead atoms. The number of aryl methyl sites for hydroxylation is 1. The van der Waals surface area contributed by atoms with Crippen LogP contribution in [-0.4, -0.2) is 45.3 Å². The van der Waals surface area contributed by atoms with E-state index in [1.54, 1.807) is 24.2 Å². The largest absolute Gasteiger partial charge is 0.309 e. The van der Waals surface area contributed by atoms with Crippen LogP contribution in [0.15, 0.2) is 53.9 Å². The van der Waals surface area contributed by atoms with Gasteiger partial charge in [-0.15, -0.1) is 10.2 Å². The molecule has 0 radical (unpaired) electrons. The van der Waals surface area contributed by atoms with Crippen LogP contribution in [0.2, 0.25) is 0 Å². The molecule has 3 rings (SSSR count). The second kappa shape index (κ2) is 8.96. The van der Waals surface area contributed by atoms with E-state index in [0.29, 0.717) is 0 Å². The predicted molar refractivity (Wildman–Crippen MR) is 107 cm³/mol. The van der Waals surface area contributed by atoms with Gasteiger partial charge in [0.2, 0.25) is 0 Å². The van der Waals surface area contributed by atoms with E-state index in [1.165, 1.54) is 11.1 Å². The average molecular weight is 368 g/mol. The summed E-state index contributed by atoms with van der Waals surface area (Å²) in [5, 5.41) is 9.89. The highest BCUT2D eigenvalue weighted by Crippen LogP contribution is 2.26. The minimum Gasteiger partial charge on any atom is -0.309 e. The fraction of sp³-hybridized carbons (Fsp3) is 0.350. The molecule has 0 fully saturated rings. The Kier molecular flexibility index (Phi) is 6.41. The summed E-state index contributed by atoms with van der Waals surface area (Å²) >= 11 is 1.74. The predicted octanol–water partition coefficient (Wildman–Crippen LogP) is 3.89. The van der Waals surface area contributed by atoms with Gasteiger partial charge in [0.1, 0.15) is 0 Å². The van der Waals surface area contributed by atoms with Crippen molar-refractivity contribution in [2.45, 2.75) is 30.8 Å². The van der Waals surface area contributed by atoms with E-state index >= 15 is 0 Å². The van der Waals surface area contributed by atoms with Crippen molar-refractivity contribution in [3.63, 3.8) is 0 Å². The summed E-state index contributed by atoms with van der Waals surface area (Å²) in [6, 6.07) is 12.6. The molecule has 26 heavy (non-hydrogen) atoms. The number of nitrogens with zero attached hydrogens (tertiary/aromatic N) is 5. The van der Waals surface area contributed by atoms with Gasteiger partial charge in [0.05, 0.1) is 0 Å². The van der Waals surface area contributed by atoms with Crippen LogP contribution in [0, 0.1) is 6.92 Å². The lowest BCUT2D eigenvalue weighted by molar-refractivity contribution is 0.383. The molecule has 0 N–H and O–H groups in total. The van der Waals surface area contributed by atoms with Crippen molar-refractivity contribution in [3.05, 3.63) is 59.9 Å². The van der Waals surface area contributed by atoms with E-state index in [0.717, 1.165) is 41.8 Å². The first kappa shape index (κ1) is 18.6. The lowest BCUT2D eigenvalue weighted by Gasteiger charge is -2.13. The highest BCUT2D eigenvalue weighted by atomic mass is 32.2. The molecular weight excluding hydrogens is 342 g/mol. The Labute approximate surface area is 159 Å². The summed E-state index contributed by atoms with van der Waals surface area (Å²) in [5.41, 5.74) is 3.64. The summed E-state index contributed by atoms with van der Waals surface area (Å²) in [6.07, 6.45) is 4.65. The number of aromatic nitrogens is 4. The summed E-state index contributed by atoms with van der Waals surface area (Å²) in [6.45, 7) is 4.05. The van der Waals surface area contributed by atoms with Gasteiger partial charge < -0.3 is 9.47 Å². The van der Waals surface area contributed by atoms with E-state index in [2.05, 4.69) is 69.9 Å². The molecule has 0 saturated carbocycles. The highest BCUT2D eigenvalue weighted by molar-refractivity contribution is 7.98. The van der Waals surface area contributed by atoms with Crippen LogP contribution in [0.5, 0.6) is 0 Å². The molecule has 0 aliphatic rings. The first-order valence-electron chi connectivity index (χ1n) is 8.80. The number of benzene rings is 1. The van der Waals surface area contributed by atoms with Gasteiger partial charge in [-0.1, -0.05) is 41.6 Å². The maximum atomic E-state index is 4.46. The van der Waals surface area contributed by atoms with Gasteiger partial charge in [0.25, 0.3) is 0 Å². The number of pyridine rings is 1. The Morgan fingerprint density at radius 3 is 2.42 bits per heavy atom. The van der Waals surface area contributed by atoms with Gasteiger partial charge >= 0.3 is 0 Å². The lowest BCUT2D eigenvalue weighted by atomic mass is 10.2. The second-order valence-electron chi connectivity index (χ2n) is 6.62. The fourth-order valence-corrected chi connectivity index (χ4v) is 3.61. The summed E-state index contributed by atoms with van der Waals surface area (Å²) in [4.78, 5) is 6.31. The molecule has 0 aliphatic heterocycles. The molecule has 1 aromatic carbocycles. The molecule has 0 aliphatic carbocycles. The highest BCUT2D eigenvalue weighted by Gasteiger charge is 2.14. The Hall–Kier alpha value is -2.18. The molecule has 136 valence electrons. The minimum absolute atomic E-state index is 0.891. The molecular formula is C20H25N5S. The molecule has 5 nitrogen and oxygen atoms in total. The van der Waals surface area contributed by atoms with Crippen molar-refractivity contribution in [2.75, 3.05) is 20.6 Å². The molecule has 2 heterocycles. The monoisotopic (exact) mass is 367 g/mol. The molecule has 0 saturated heterocycles. The molecule has 0 spiro atoms. The van der Waals surface area contributed by atoms with E-state index < -0.39 is 0 Å². The van der Waals surface area contributed by atoms with Gasteiger partial charge in [-0.05, 0) is 51.7 Å². The van der Waals surface area contributed by atoms with Crippen molar-refractivity contribution >= 4 is 11.8 Å². The third-order valence-corrected chi connectivity index (χ3v) is 5.17. The quantitative estimate of drug-likeness (QED) is 0.565. The van der Waals surface area contributed by atoms with Crippen LogP contribution in [0.4, 0.5) is 0 Å². The summed E-state index contributed by atoms with van der Waals surface area (Å²) in [5.74, 6) is 1.81. The number of hydrogen-bond donors (Lipinski definition) is 0. The smallest absolute Gasteiger partial charge is 0.191 e. The molecule has 3 aromatic rings. The van der Waals surface area contributed by atoms with Gasteiger partial charge in [0, 0.05) is 30.3 Å². The van der Waals surface area contributed by atoms with E-state index in [4.69, 9.17) is 0 Å². The molecule has 6 heteroatoms. The Balaban J connectivity index is 1.79. The fourth-order valence-electron chi connectivity index (χ4n) is 2.69. The van der Waals surface area contributed by atoms with E-state index in [1.807, 2.05) is 12.1 Å². The zero-order chi connectivity index (χ0) is 18.4. The summed E-state index contributed by atoms with van der Waals surface area (Å²) < 4.78 is 2.23. The SMILES string of the molecule is Cc1ccc(CSc2nnc(-c3ccncc3)n2CCCN(C)C)cc1. The standard InChI is InChI=1S/C20H25N5S/c1-16-5-7-17(8-6-16)15-26-20-23-22-19(18-9-11-21-12-10-18)25(20)14-4-13-24(2)3/h5-12H,4,13-15H2,1-3H3. The third-order valence-electron chi connectivity index (χ3n) is 4.13. The van der Waals surface area contributed by atoms with Gasteiger partial charge in [-0.25, -0.2) is 0 Å². The van der Waals surface area contributed by atoms with Gasteiger partial charge in [-0.3, -0.25) is 4.98 Å². The van der Waals surface area contributed by atoms with Gasteiger partial charge in [-0.2, -0.15) is 0 Å². The van der Waals surface area contributed by atoms with Crippen molar-refractivity contribution < 1.29 is 0 Å². The Morgan fingerprint density at radius 1 is 1.00 bits per heavy atom. The zero-order valence-corrected chi connectivity index (χ0v) is 16.4. The maximum absolute atomic E-state index is 4.46. The van der Waals surface area contributed by atoms with Crippen LogP contribution in [0.25, 0.3) is 11.4 Å². The maximum Gasteiger partial charge on any atom is 0.191 e. The molecule has 0 atom stereocenters. The topological polar surface area (TPSA) is 46.8 Å². The first-order chi connectivity index (χ1) is 12.6. The molecule has 2 aromatic heterocycles. The first-order valence-corrected chi connectivity index (χ1v) is 9.79. The van der Waals surface area contributed by atoms with Crippen LogP contribution in [-0.2, 0) is 12.3 Å². The lowest BCUT2D eigenvalue weighted by Crippen LogP contribution is -2.15. The number of thioether (sulfide) groups is 1. The Bertz CT molecular complexity index is 812. The number of rotatable bonds is 8. The van der Waals surface area contributed by atoms with Crippen molar-refractivity contribution in [1.29, 1.82) is 0 Å². The molecule has 0 amide bonds. The Morgan fingerprint density at radius 2 is 1.73 bits per heavy atom. The number of hydrogen-bond acceptors (Lipinski definition) is 5. The second-order valence-corrected chi connectivity index (χ2v) is 7.57. The van der Waals surface area contributed by atoms with Crippen molar-refractivity contribution in [1.82, 2.24) is 24.6 Å². The zero-order valence-electron chi connectivity index (χ0n) is 15.6. The van der Waals surface area contributed by atoms with Crippen LogP contribution < -0.4 is 0 Å². The van der Waals surface area contributed by atoms with Gasteiger partial charge in [0.15, 0.2) is 11.0 Å². The average Bonchev–Trinajstić information content (AvgIpc) is 3.04. The van der Waals surface area contributed by atoms with E-state index in [9.17, 15) is 0 Å². The van der Waals surface area contributed by atoms with Crippen molar-refractivity contribution in [2.24, 2.45) is 0 Å². The van der Waals surface area contributed by atoms with Crippen LogP contribution in [0.3, 0.4) is 0 Å². The minimum atomic E-state index is 0.891. The van der Waals surface area contributed by atoms with Crippen molar-refractivity contribution in [3.8, 4) is 11.4 Å².